The Labute approximate surface area is 139 Å². The Bertz CT molecular complexity index is 833. The predicted molar refractivity (Wildman–Crippen MR) is 94.8 cm³/mol. The minimum Gasteiger partial charge on any atom is -0.312 e. The van der Waals surface area contributed by atoms with Crippen LogP contribution in [-0.2, 0) is 13.0 Å². The average Bonchev–Trinajstić information content (AvgIpc) is 2.72. The number of rotatable bonds is 2. The Morgan fingerprint density at radius 3 is 2.86 bits per heavy atom. The number of hydrogen-bond donors (Lipinski definition) is 1. The SMILES string of the molecule is Cc1cccc(Cl)c1Sn1cc2c3c(cccc31)CNCC2. The second-order valence-corrected chi connectivity index (χ2v) is 7.09. The molecule has 0 aliphatic carbocycles. The first-order valence-corrected chi connectivity index (χ1v) is 8.65. The van der Waals surface area contributed by atoms with Gasteiger partial charge in [0.2, 0.25) is 0 Å². The maximum atomic E-state index is 6.40. The molecule has 0 bridgehead atoms. The van der Waals surface area contributed by atoms with Crippen molar-refractivity contribution in [1.82, 2.24) is 9.29 Å². The van der Waals surface area contributed by atoms with E-state index in [1.165, 1.54) is 27.6 Å². The fourth-order valence-electron chi connectivity index (χ4n) is 3.11. The van der Waals surface area contributed by atoms with E-state index in [9.17, 15) is 0 Å². The first kappa shape index (κ1) is 14.2. The summed E-state index contributed by atoms with van der Waals surface area (Å²) in [5.74, 6) is 0. The summed E-state index contributed by atoms with van der Waals surface area (Å²) in [6.45, 7) is 4.09. The molecule has 4 heteroatoms. The van der Waals surface area contributed by atoms with Gasteiger partial charge in [-0.2, -0.15) is 0 Å². The van der Waals surface area contributed by atoms with E-state index in [2.05, 4.69) is 46.7 Å². The first-order valence-electron chi connectivity index (χ1n) is 7.50. The standard InChI is InChI=1S/C18H17ClN2S/c1-12-4-2-6-15(19)18(12)22-21-11-14-8-9-20-10-13-5-3-7-16(21)17(13)14/h2-7,11,20H,8-10H2,1H3. The van der Waals surface area contributed by atoms with Gasteiger partial charge in [0.15, 0.2) is 0 Å². The molecule has 4 rings (SSSR count). The van der Waals surface area contributed by atoms with Crippen molar-refractivity contribution in [2.45, 2.75) is 24.8 Å². The van der Waals surface area contributed by atoms with Crippen LogP contribution in [-0.4, -0.2) is 10.5 Å². The molecular weight excluding hydrogens is 312 g/mol. The highest BCUT2D eigenvalue weighted by Crippen LogP contribution is 2.36. The van der Waals surface area contributed by atoms with Crippen LogP contribution in [0.15, 0.2) is 47.5 Å². The molecule has 3 aromatic rings. The summed E-state index contributed by atoms with van der Waals surface area (Å²) >= 11 is 8.11. The Morgan fingerprint density at radius 1 is 1.14 bits per heavy atom. The van der Waals surface area contributed by atoms with Gasteiger partial charge in [-0.3, -0.25) is 3.97 Å². The van der Waals surface area contributed by atoms with Gasteiger partial charge in [0.05, 0.1) is 15.4 Å². The van der Waals surface area contributed by atoms with Crippen LogP contribution in [0, 0.1) is 6.92 Å². The van der Waals surface area contributed by atoms with Gasteiger partial charge < -0.3 is 5.32 Å². The van der Waals surface area contributed by atoms with Gasteiger partial charge in [-0.05, 0) is 60.7 Å². The fraction of sp³-hybridized carbons (Fsp3) is 0.222. The third-order valence-corrected chi connectivity index (χ3v) is 5.85. The molecule has 1 aliphatic rings. The van der Waals surface area contributed by atoms with Crippen LogP contribution < -0.4 is 5.32 Å². The van der Waals surface area contributed by atoms with E-state index in [0.717, 1.165) is 29.4 Å². The highest BCUT2D eigenvalue weighted by molar-refractivity contribution is 7.98. The van der Waals surface area contributed by atoms with E-state index in [0.29, 0.717) is 0 Å². The van der Waals surface area contributed by atoms with Crippen LogP contribution in [0.2, 0.25) is 5.02 Å². The Kier molecular flexibility index (Phi) is 3.65. The molecule has 1 aromatic heterocycles. The second kappa shape index (κ2) is 5.65. The van der Waals surface area contributed by atoms with Crippen molar-refractivity contribution >= 4 is 34.5 Å². The molecule has 0 spiro atoms. The molecule has 0 radical (unpaired) electrons. The smallest absolute Gasteiger partial charge is 0.0600 e. The van der Waals surface area contributed by atoms with Crippen molar-refractivity contribution in [1.29, 1.82) is 0 Å². The highest BCUT2D eigenvalue weighted by atomic mass is 35.5. The van der Waals surface area contributed by atoms with Gasteiger partial charge in [-0.1, -0.05) is 35.9 Å². The summed E-state index contributed by atoms with van der Waals surface area (Å²) in [6, 6.07) is 12.6. The van der Waals surface area contributed by atoms with E-state index in [-0.39, 0.29) is 0 Å². The molecule has 0 atom stereocenters. The molecule has 0 saturated heterocycles. The minimum atomic E-state index is 0.818. The summed E-state index contributed by atoms with van der Waals surface area (Å²) in [6.07, 6.45) is 3.34. The second-order valence-electron chi connectivity index (χ2n) is 5.70. The lowest BCUT2D eigenvalue weighted by atomic mass is 10.1. The Hall–Kier alpha value is -1.42. The van der Waals surface area contributed by atoms with Crippen molar-refractivity contribution in [3.8, 4) is 0 Å². The normalized spacial score (nSPS) is 14.3. The van der Waals surface area contributed by atoms with Gasteiger partial charge in [0, 0.05) is 18.1 Å². The van der Waals surface area contributed by atoms with Gasteiger partial charge >= 0.3 is 0 Å². The summed E-state index contributed by atoms with van der Waals surface area (Å²) in [4.78, 5) is 1.13. The maximum absolute atomic E-state index is 6.40. The van der Waals surface area contributed by atoms with E-state index in [1.807, 2.05) is 12.1 Å². The van der Waals surface area contributed by atoms with Gasteiger partial charge in [-0.25, -0.2) is 0 Å². The highest BCUT2D eigenvalue weighted by Gasteiger charge is 2.16. The summed E-state index contributed by atoms with van der Waals surface area (Å²) in [7, 11) is 0. The maximum Gasteiger partial charge on any atom is 0.0600 e. The molecule has 2 aromatic carbocycles. The Morgan fingerprint density at radius 2 is 2.00 bits per heavy atom. The third kappa shape index (κ3) is 2.34. The lowest BCUT2D eigenvalue weighted by Gasteiger charge is -2.10. The van der Waals surface area contributed by atoms with Crippen molar-refractivity contribution in [2.75, 3.05) is 6.54 Å². The lowest BCUT2D eigenvalue weighted by Crippen LogP contribution is -2.13. The minimum absolute atomic E-state index is 0.818. The third-order valence-electron chi connectivity index (χ3n) is 4.20. The van der Waals surface area contributed by atoms with Crippen molar-refractivity contribution in [3.63, 3.8) is 0 Å². The molecule has 0 amide bonds. The van der Waals surface area contributed by atoms with Crippen LogP contribution in [0.4, 0.5) is 0 Å². The Balaban J connectivity index is 1.87. The number of aromatic nitrogens is 1. The number of hydrogen-bond acceptors (Lipinski definition) is 2. The van der Waals surface area contributed by atoms with Gasteiger partial charge in [-0.15, -0.1) is 0 Å². The molecule has 22 heavy (non-hydrogen) atoms. The lowest BCUT2D eigenvalue weighted by molar-refractivity contribution is 0.701. The number of halogens is 1. The van der Waals surface area contributed by atoms with Crippen LogP contribution in [0.1, 0.15) is 16.7 Å². The molecule has 0 unspecified atom stereocenters. The predicted octanol–water partition coefficient (Wildman–Crippen LogP) is 4.80. The number of nitrogens with zero attached hydrogens (tertiary/aromatic N) is 1. The van der Waals surface area contributed by atoms with Crippen molar-refractivity contribution in [3.05, 3.63) is 64.3 Å². The molecular formula is C18H17ClN2S. The van der Waals surface area contributed by atoms with Crippen LogP contribution in [0.5, 0.6) is 0 Å². The van der Waals surface area contributed by atoms with Crippen LogP contribution in [0.3, 0.4) is 0 Å². The number of aryl methyl sites for hydroxylation is 1. The van der Waals surface area contributed by atoms with E-state index >= 15 is 0 Å². The zero-order chi connectivity index (χ0) is 15.1. The molecule has 1 aliphatic heterocycles. The quantitative estimate of drug-likeness (QED) is 0.727. The van der Waals surface area contributed by atoms with Crippen LogP contribution in [0.25, 0.3) is 10.9 Å². The monoisotopic (exact) mass is 328 g/mol. The molecule has 2 heterocycles. The molecule has 0 fully saturated rings. The number of benzene rings is 2. The van der Waals surface area contributed by atoms with Gasteiger partial charge in [0.25, 0.3) is 0 Å². The summed E-state index contributed by atoms with van der Waals surface area (Å²) in [5, 5.41) is 5.72. The van der Waals surface area contributed by atoms with E-state index in [4.69, 9.17) is 11.6 Å². The molecule has 2 nitrogen and oxygen atoms in total. The van der Waals surface area contributed by atoms with E-state index in [1.54, 1.807) is 11.9 Å². The van der Waals surface area contributed by atoms with Crippen molar-refractivity contribution in [2.24, 2.45) is 0 Å². The van der Waals surface area contributed by atoms with Gasteiger partial charge in [0.1, 0.15) is 0 Å². The summed E-state index contributed by atoms with van der Waals surface area (Å²) < 4.78 is 2.27. The fourth-order valence-corrected chi connectivity index (χ4v) is 4.43. The molecule has 1 N–H and O–H groups in total. The summed E-state index contributed by atoms with van der Waals surface area (Å²) in [5.41, 5.74) is 5.30. The first-order chi connectivity index (χ1) is 10.7. The average molecular weight is 329 g/mol. The number of nitrogens with one attached hydrogen (secondary N) is 1. The molecule has 112 valence electrons. The zero-order valence-electron chi connectivity index (χ0n) is 12.4. The van der Waals surface area contributed by atoms with E-state index < -0.39 is 0 Å². The zero-order valence-corrected chi connectivity index (χ0v) is 14.0. The van der Waals surface area contributed by atoms with Crippen molar-refractivity contribution < 1.29 is 0 Å². The van der Waals surface area contributed by atoms with Crippen LogP contribution >= 0.6 is 23.5 Å². The molecule has 0 saturated carbocycles. The largest absolute Gasteiger partial charge is 0.312 e. The topological polar surface area (TPSA) is 17.0 Å².